The fourth-order valence-corrected chi connectivity index (χ4v) is 4.82. The molecule has 0 unspecified atom stereocenters. The molecule has 3 rings (SSSR count). The van der Waals surface area contributed by atoms with E-state index >= 15 is 0 Å². The van der Waals surface area contributed by atoms with Crippen LogP contribution in [0.3, 0.4) is 0 Å². The van der Waals surface area contributed by atoms with Gasteiger partial charge in [0, 0.05) is 12.5 Å². The molecule has 3 saturated carbocycles. The third kappa shape index (κ3) is 1.05. The van der Waals surface area contributed by atoms with Crippen LogP contribution in [0.15, 0.2) is 0 Å². The molecule has 0 aromatic heterocycles. The summed E-state index contributed by atoms with van der Waals surface area (Å²) < 4.78 is 10.7. The molecule has 0 saturated heterocycles. The maximum Gasteiger partial charge on any atom is 0.312 e. The Kier molecular flexibility index (Phi) is 1.95. The monoisotopic (exact) mass is 238 g/mol. The number of rotatable bonds is 2. The number of fused-ring (bicyclic) bond motifs is 2. The Morgan fingerprint density at radius 3 is 2.24 bits per heavy atom. The van der Waals surface area contributed by atoms with Crippen molar-refractivity contribution in [1.82, 2.24) is 0 Å². The van der Waals surface area contributed by atoms with Gasteiger partial charge in [-0.3, -0.25) is 4.79 Å². The van der Waals surface area contributed by atoms with Crippen molar-refractivity contribution >= 4 is 5.97 Å². The van der Waals surface area contributed by atoms with E-state index in [1.807, 2.05) is 0 Å². The summed E-state index contributed by atoms with van der Waals surface area (Å²) in [6, 6.07) is 0. The Hall–Kier alpha value is -0.570. The Balaban J connectivity index is 1.90. The molecule has 3 aliphatic carbocycles. The van der Waals surface area contributed by atoms with Crippen LogP contribution in [0.4, 0.5) is 0 Å². The topological polar surface area (TPSA) is 35.5 Å². The van der Waals surface area contributed by atoms with Gasteiger partial charge in [-0.2, -0.15) is 0 Å². The zero-order valence-corrected chi connectivity index (χ0v) is 11.4. The van der Waals surface area contributed by atoms with Gasteiger partial charge < -0.3 is 9.47 Å². The van der Waals surface area contributed by atoms with E-state index in [1.54, 1.807) is 7.11 Å². The number of hydrogen-bond acceptors (Lipinski definition) is 3. The molecule has 0 aromatic carbocycles. The average molecular weight is 238 g/mol. The zero-order valence-electron chi connectivity index (χ0n) is 11.4. The predicted molar refractivity (Wildman–Crippen MR) is 63.3 cm³/mol. The van der Waals surface area contributed by atoms with Gasteiger partial charge in [-0.05, 0) is 30.1 Å². The Bertz CT molecular complexity index is 389. The van der Waals surface area contributed by atoms with Crippen molar-refractivity contribution in [2.75, 3.05) is 14.2 Å². The first-order valence-electron chi connectivity index (χ1n) is 6.48. The first-order valence-corrected chi connectivity index (χ1v) is 6.48. The van der Waals surface area contributed by atoms with E-state index in [9.17, 15) is 4.79 Å². The van der Waals surface area contributed by atoms with Crippen LogP contribution in [0.5, 0.6) is 0 Å². The van der Waals surface area contributed by atoms with E-state index in [0.29, 0.717) is 5.41 Å². The highest BCUT2D eigenvalue weighted by molar-refractivity contribution is 5.80. The fraction of sp³-hybridized carbons (Fsp3) is 0.929. The number of ether oxygens (including phenoxy) is 2. The highest BCUT2D eigenvalue weighted by atomic mass is 16.5. The maximum absolute atomic E-state index is 11.9. The third-order valence-corrected chi connectivity index (χ3v) is 6.24. The molecule has 3 heteroatoms. The molecule has 0 spiro atoms. The summed E-state index contributed by atoms with van der Waals surface area (Å²) in [7, 11) is 3.22. The van der Waals surface area contributed by atoms with Gasteiger partial charge in [-0.25, -0.2) is 0 Å². The second-order valence-electron chi connectivity index (χ2n) is 6.91. The van der Waals surface area contributed by atoms with Gasteiger partial charge in [0.1, 0.15) is 0 Å². The molecule has 3 aliphatic rings. The molecule has 96 valence electrons. The molecule has 0 N–H and O–H groups in total. The van der Waals surface area contributed by atoms with Crippen molar-refractivity contribution in [2.24, 2.45) is 28.6 Å². The van der Waals surface area contributed by atoms with E-state index in [2.05, 4.69) is 20.8 Å². The van der Waals surface area contributed by atoms with Crippen molar-refractivity contribution < 1.29 is 14.3 Å². The molecular formula is C14H22O3. The van der Waals surface area contributed by atoms with Crippen molar-refractivity contribution in [3.8, 4) is 0 Å². The van der Waals surface area contributed by atoms with E-state index in [1.165, 1.54) is 7.11 Å². The number of methoxy groups -OCH3 is 2. The van der Waals surface area contributed by atoms with E-state index < -0.39 is 0 Å². The van der Waals surface area contributed by atoms with Gasteiger partial charge in [0.05, 0.1) is 18.6 Å². The summed E-state index contributed by atoms with van der Waals surface area (Å²) in [4.78, 5) is 11.9. The predicted octanol–water partition coefficient (Wildman–Crippen LogP) is 2.25. The minimum Gasteiger partial charge on any atom is -0.469 e. The van der Waals surface area contributed by atoms with Gasteiger partial charge in [0.2, 0.25) is 0 Å². The standard InChI is InChI=1S/C14H22O3/c1-12(2)8-6-13(3)10(11(15)16-4)14(13,17-5)7-9(8)12/h8-10H,6-7H2,1-5H3/t8-,9+,10+,13+,14+/m0/s1. The molecule has 0 heterocycles. The van der Waals surface area contributed by atoms with E-state index in [4.69, 9.17) is 9.47 Å². The van der Waals surface area contributed by atoms with Crippen LogP contribution in [0.25, 0.3) is 0 Å². The summed E-state index contributed by atoms with van der Waals surface area (Å²) in [6.07, 6.45) is 2.13. The van der Waals surface area contributed by atoms with Gasteiger partial charge in [0.25, 0.3) is 0 Å². The van der Waals surface area contributed by atoms with E-state index in [0.717, 1.165) is 24.7 Å². The Morgan fingerprint density at radius 1 is 1.12 bits per heavy atom. The minimum absolute atomic E-state index is 0.00375. The number of carbonyl (C=O) groups excluding carboxylic acids is 1. The van der Waals surface area contributed by atoms with Gasteiger partial charge in [-0.1, -0.05) is 20.8 Å². The highest BCUT2D eigenvalue weighted by Crippen LogP contribution is 2.81. The number of hydrogen-bond donors (Lipinski definition) is 0. The smallest absolute Gasteiger partial charge is 0.312 e. The van der Waals surface area contributed by atoms with Crippen molar-refractivity contribution in [2.45, 2.75) is 39.2 Å². The van der Waals surface area contributed by atoms with Gasteiger partial charge in [-0.15, -0.1) is 0 Å². The average Bonchev–Trinajstić information content (AvgIpc) is 3.04. The Morgan fingerprint density at radius 2 is 1.71 bits per heavy atom. The molecule has 3 fully saturated rings. The lowest BCUT2D eigenvalue weighted by Gasteiger charge is -2.25. The molecule has 0 amide bonds. The lowest BCUT2D eigenvalue weighted by molar-refractivity contribution is -0.144. The molecule has 0 radical (unpaired) electrons. The molecule has 5 atom stereocenters. The highest BCUT2D eigenvalue weighted by Gasteiger charge is 2.85. The third-order valence-electron chi connectivity index (χ3n) is 6.24. The van der Waals surface area contributed by atoms with Crippen LogP contribution in [-0.4, -0.2) is 25.8 Å². The number of carbonyl (C=O) groups is 1. The van der Waals surface area contributed by atoms with Crippen LogP contribution >= 0.6 is 0 Å². The molecule has 17 heavy (non-hydrogen) atoms. The van der Waals surface area contributed by atoms with Crippen molar-refractivity contribution in [3.05, 3.63) is 0 Å². The molecule has 0 aliphatic heterocycles. The number of esters is 1. The van der Waals surface area contributed by atoms with Crippen molar-refractivity contribution in [3.63, 3.8) is 0 Å². The molecule has 0 aromatic rings. The first-order chi connectivity index (χ1) is 7.85. The second kappa shape index (κ2) is 2.87. The minimum atomic E-state index is -0.241. The molecule has 3 nitrogen and oxygen atoms in total. The van der Waals surface area contributed by atoms with E-state index in [-0.39, 0.29) is 22.9 Å². The van der Waals surface area contributed by atoms with Crippen LogP contribution < -0.4 is 0 Å². The second-order valence-corrected chi connectivity index (χ2v) is 6.91. The quantitative estimate of drug-likeness (QED) is 0.692. The first kappa shape index (κ1) is 11.5. The zero-order chi connectivity index (χ0) is 12.6. The van der Waals surface area contributed by atoms with Crippen LogP contribution in [0.1, 0.15) is 33.6 Å². The largest absolute Gasteiger partial charge is 0.469 e. The maximum atomic E-state index is 11.9. The SMILES string of the molecule is COC(=O)[C@@H]1[C@@]2(C)C[C@H]3[C@@H](C[C@@]12OC)C3(C)C. The molecule has 0 bridgehead atoms. The molecular weight excluding hydrogens is 216 g/mol. The fourth-order valence-electron chi connectivity index (χ4n) is 4.82. The van der Waals surface area contributed by atoms with Crippen LogP contribution in [-0.2, 0) is 14.3 Å². The summed E-state index contributed by atoms with van der Waals surface area (Å²) in [5, 5.41) is 0. The van der Waals surface area contributed by atoms with Crippen LogP contribution in [0.2, 0.25) is 0 Å². The summed E-state index contributed by atoms with van der Waals surface area (Å²) in [5.74, 6) is 1.36. The van der Waals surface area contributed by atoms with Gasteiger partial charge in [0.15, 0.2) is 0 Å². The van der Waals surface area contributed by atoms with Crippen molar-refractivity contribution in [1.29, 1.82) is 0 Å². The summed E-state index contributed by atoms with van der Waals surface area (Å²) in [6.45, 7) is 6.88. The summed E-state index contributed by atoms with van der Waals surface area (Å²) in [5.41, 5.74) is 0.210. The van der Waals surface area contributed by atoms with Gasteiger partial charge >= 0.3 is 5.97 Å². The lowest BCUT2D eigenvalue weighted by atomic mass is 9.87. The summed E-state index contributed by atoms with van der Waals surface area (Å²) >= 11 is 0. The van der Waals surface area contributed by atoms with Crippen LogP contribution in [0, 0.1) is 28.6 Å². The lowest BCUT2D eigenvalue weighted by Crippen LogP contribution is -2.27. The normalized spacial score (nSPS) is 53.4. The Labute approximate surface area is 103 Å².